The number of benzene rings is 1. The summed E-state index contributed by atoms with van der Waals surface area (Å²) in [6.45, 7) is 5.53. The quantitative estimate of drug-likeness (QED) is 0.746. The number of imide groups is 1. The van der Waals surface area contributed by atoms with Crippen molar-refractivity contribution in [3.05, 3.63) is 23.8 Å². The first kappa shape index (κ1) is 20.5. The number of amides is 4. The van der Waals surface area contributed by atoms with E-state index in [0.29, 0.717) is 56.6 Å². The molecule has 0 unspecified atom stereocenters. The number of urea groups is 1. The number of carbonyl (C=O) groups is 3. The summed E-state index contributed by atoms with van der Waals surface area (Å²) in [5.41, 5.74) is 0.0160. The van der Waals surface area contributed by atoms with Gasteiger partial charge in [0.2, 0.25) is 5.91 Å². The minimum absolute atomic E-state index is 0.248. The zero-order valence-electron chi connectivity index (χ0n) is 17.6. The first-order valence-electron chi connectivity index (χ1n) is 10.7. The molecule has 0 aromatic heterocycles. The lowest BCUT2D eigenvalue weighted by molar-refractivity contribution is -0.140. The molecule has 3 aliphatic rings. The van der Waals surface area contributed by atoms with Crippen LogP contribution in [0.25, 0.3) is 0 Å². The smallest absolute Gasteiger partial charge is 0.325 e. The van der Waals surface area contributed by atoms with Gasteiger partial charge in [-0.2, -0.15) is 0 Å². The highest BCUT2D eigenvalue weighted by atomic mass is 16.6. The summed E-state index contributed by atoms with van der Waals surface area (Å²) in [5.74, 6) is 1.34. The molecule has 162 valence electrons. The number of nitrogens with one attached hydrogen (secondary N) is 1. The molecule has 4 amide bonds. The molecule has 1 N–H and O–H groups in total. The van der Waals surface area contributed by atoms with E-state index in [1.807, 2.05) is 25.1 Å². The van der Waals surface area contributed by atoms with Crippen LogP contribution in [0.3, 0.4) is 0 Å². The molecule has 1 saturated carbocycles. The third kappa shape index (κ3) is 3.70. The van der Waals surface area contributed by atoms with Crippen LogP contribution in [0.2, 0.25) is 0 Å². The Bertz CT molecular complexity index is 847. The molecule has 30 heavy (non-hydrogen) atoms. The van der Waals surface area contributed by atoms with Gasteiger partial charge in [0, 0.05) is 18.7 Å². The molecule has 0 radical (unpaired) electrons. The molecular formula is C22H29N3O5. The summed E-state index contributed by atoms with van der Waals surface area (Å²) < 4.78 is 11.4. The van der Waals surface area contributed by atoms with Gasteiger partial charge < -0.3 is 19.7 Å². The molecule has 2 fully saturated rings. The number of hydrogen-bond donors (Lipinski definition) is 1. The molecule has 2 heterocycles. The predicted molar refractivity (Wildman–Crippen MR) is 109 cm³/mol. The fourth-order valence-corrected chi connectivity index (χ4v) is 4.49. The summed E-state index contributed by atoms with van der Waals surface area (Å²) in [5, 5.41) is 2.87. The number of rotatable bonds is 5. The van der Waals surface area contributed by atoms with Gasteiger partial charge in [-0.15, -0.1) is 0 Å². The zero-order chi connectivity index (χ0) is 21.3. The van der Waals surface area contributed by atoms with Crippen LogP contribution in [-0.4, -0.2) is 59.5 Å². The molecule has 8 heteroatoms. The maximum atomic E-state index is 13.0. The van der Waals surface area contributed by atoms with E-state index >= 15 is 0 Å². The lowest BCUT2D eigenvalue weighted by atomic mass is 9.77. The first-order chi connectivity index (χ1) is 14.4. The number of fused-ring (bicyclic) bond motifs is 1. The normalized spacial score (nSPS) is 25.4. The van der Waals surface area contributed by atoms with Crippen LogP contribution in [0, 0.1) is 5.92 Å². The van der Waals surface area contributed by atoms with Crippen LogP contribution in [0.5, 0.6) is 11.5 Å². The monoisotopic (exact) mass is 415 g/mol. The highest BCUT2D eigenvalue weighted by Gasteiger charge is 2.52. The van der Waals surface area contributed by atoms with Gasteiger partial charge >= 0.3 is 6.03 Å². The maximum absolute atomic E-state index is 13.0. The van der Waals surface area contributed by atoms with Crippen molar-refractivity contribution in [2.45, 2.75) is 51.6 Å². The lowest BCUT2D eigenvalue weighted by Gasteiger charge is -2.33. The highest BCUT2D eigenvalue weighted by molar-refractivity contribution is 6.09. The Hall–Kier alpha value is -2.77. The van der Waals surface area contributed by atoms with E-state index in [2.05, 4.69) is 12.2 Å². The molecule has 4 rings (SSSR count). The maximum Gasteiger partial charge on any atom is 0.325 e. The zero-order valence-corrected chi connectivity index (χ0v) is 17.6. The number of para-hydroxylation sites is 1. The van der Waals surface area contributed by atoms with Crippen LogP contribution in [0.1, 0.15) is 45.1 Å². The van der Waals surface area contributed by atoms with Gasteiger partial charge in [-0.25, -0.2) is 4.79 Å². The topological polar surface area (TPSA) is 88.2 Å². The van der Waals surface area contributed by atoms with Gasteiger partial charge in [0.25, 0.3) is 5.91 Å². The summed E-state index contributed by atoms with van der Waals surface area (Å²) in [6, 6.07) is 5.14. The van der Waals surface area contributed by atoms with E-state index in [0.717, 1.165) is 23.3 Å². The minimum atomic E-state index is -0.829. The van der Waals surface area contributed by atoms with Crippen LogP contribution in [-0.2, 0) is 16.1 Å². The molecule has 1 aromatic rings. The largest absolute Gasteiger partial charge is 0.486 e. The molecule has 1 aliphatic carbocycles. The van der Waals surface area contributed by atoms with E-state index in [-0.39, 0.29) is 18.4 Å². The van der Waals surface area contributed by atoms with E-state index < -0.39 is 11.6 Å². The van der Waals surface area contributed by atoms with Crippen molar-refractivity contribution in [3.63, 3.8) is 0 Å². The molecule has 1 saturated heterocycles. The number of likely N-dealkylation sites (N-methyl/N-ethyl adjacent to an activating group) is 1. The summed E-state index contributed by atoms with van der Waals surface area (Å²) in [4.78, 5) is 41.3. The second-order valence-corrected chi connectivity index (χ2v) is 8.44. The Balaban J connectivity index is 1.45. The Labute approximate surface area is 176 Å². The second kappa shape index (κ2) is 8.16. The van der Waals surface area contributed by atoms with Crippen molar-refractivity contribution in [1.82, 2.24) is 15.1 Å². The first-order valence-corrected chi connectivity index (χ1v) is 10.7. The van der Waals surface area contributed by atoms with Gasteiger partial charge in [-0.3, -0.25) is 14.5 Å². The Kier molecular flexibility index (Phi) is 5.58. The number of ether oxygens (including phenoxy) is 2. The van der Waals surface area contributed by atoms with E-state index in [1.165, 1.54) is 0 Å². The summed E-state index contributed by atoms with van der Waals surface area (Å²) in [6.07, 6.45) is 3.06. The molecule has 1 aromatic carbocycles. The van der Waals surface area contributed by atoms with Crippen molar-refractivity contribution in [1.29, 1.82) is 0 Å². The molecule has 8 nitrogen and oxygen atoms in total. The van der Waals surface area contributed by atoms with Crippen molar-refractivity contribution in [2.75, 3.05) is 26.3 Å². The molecule has 1 spiro atoms. The van der Waals surface area contributed by atoms with Gasteiger partial charge in [0.1, 0.15) is 25.3 Å². The average molecular weight is 415 g/mol. The van der Waals surface area contributed by atoms with Crippen LogP contribution < -0.4 is 14.8 Å². The van der Waals surface area contributed by atoms with Gasteiger partial charge in [-0.1, -0.05) is 19.1 Å². The molecule has 0 bridgehead atoms. The van der Waals surface area contributed by atoms with Gasteiger partial charge in [0.15, 0.2) is 11.5 Å². The van der Waals surface area contributed by atoms with Crippen molar-refractivity contribution < 1.29 is 23.9 Å². The fourth-order valence-electron chi connectivity index (χ4n) is 4.49. The third-order valence-electron chi connectivity index (χ3n) is 6.41. The van der Waals surface area contributed by atoms with Crippen molar-refractivity contribution in [2.24, 2.45) is 5.92 Å². The van der Waals surface area contributed by atoms with Crippen LogP contribution >= 0.6 is 0 Å². The van der Waals surface area contributed by atoms with E-state index in [1.54, 1.807) is 4.90 Å². The standard InChI is InChI=1S/C22H29N3O5/c1-3-24(13-16-5-4-6-17-19(16)30-12-11-29-17)18(26)14-25-20(27)22(23-21(25)28)9-7-15(2)8-10-22/h4-6,15H,3,7-14H2,1-2H3,(H,23,28). The summed E-state index contributed by atoms with van der Waals surface area (Å²) >= 11 is 0. The summed E-state index contributed by atoms with van der Waals surface area (Å²) in [7, 11) is 0. The van der Waals surface area contributed by atoms with Gasteiger partial charge in [-0.05, 0) is 44.6 Å². The fraction of sp³-hybridized carbons (Fsp3) is 0.591. The second-order valence-electron chi connectivity index (χ2n) is 8.44. The highest BCUT2D eigenvalue weighted by Crippen LogP contribution is 2.37. The minimum Gasteiger partial charge on any atom is -0.486 e. The van der Waals surface area contributed by atoms with Crippen LogP contribution in [0.4, 0.5) is 4.79 Å². The third-order valence-corrected chi connectivity index (χ3v) is 6.41. The van der Waals surface area contributed by atoms with E-state index in [4.69, 9.17) is 9.47 Å². The van der Waals surface area contributed by atoms with Crippen molar-refractivity contribution >= 4 is 17.8 Å². The Morgan fingerprint density at radius 3 is 2.70 bits per heavy atom. The van der Waals surface area contributed by atoms with Crippen molar-refractivity contribution in [3.8, 4) is 11.5 Å². The Morgan fingerprint density at radius 1 is 1.23 bits per heavy atom. The SMILES string of the molecule is CCN(Cc1cccc2c1OCCO2)C(=O)CN1C(=O)NC2(CCC(C)CC2)C1=O. The van der Waals surface area contributed by atoms with Crippen LogP contribution in [0.15, 0.2) is 18.2 Å². The van der Waals surface area contributed by atoms with E-state index in [9.17, 15) is 14.4 Å². The predicted octanol–water partition coefficient (Wildman–Crippen LogP) is 2.31. The number of carbonyl (C=O) groups excluding carboxylic acids is 3. The molecule has 0 atom stereocenters. The Morgan fingerprint density at radius 2 is 1.97 bits per heavy atom. The average Bonchev–Trinajstić information content (AvgIpc) is 2.98. The number of nitrogens with zero attached hydrogens (tertiary/aromatic N) is 2. The molecular weight excluding hydrogens is 386 g/mol. The molecule has 2 aliphatic heterocycles. The van der Waals surface area contributed by atoms with Gasteiger partial charge in [0.05, 0.1) is 0 Å². The lowest BCUT2D eigenvalue weighted by Crippen LogP contribution is -2.50. The number of hydrogen-bond acceptors (Lipinski definition) is 5.